The van der Waals surface area contributed by atoms with E-state index in [1.807, 2.05) is 68.5 Å². The van der Waals surface area contributed by atoms with Crippen LogP contribution in [0.3, 0.4) is 0 Å². The highest BCUT2D eigenvalue weighted by atomic mass is 16.5. The Morgan fingerprint density at radius 3 is 2.50 bits per heavy atom. The Morgan fingerprint density at radius 1 is 1.12 bits per heavy atom. The van der Waals surface area contributed by atoms with Gasteiger partial charge in [0.15, 0.2) is 0 Å². The summed E-state index contributed by atoms with van der Waals surface area (Å²) in [6.07, 6.45) is 4.46. The van der Waals surface area contributed by atoms with Crippen LogP contribution in [0.4, 0.5) is 0 Å². The van der Waals surface area contributed by atoms with Crippen LogP contribution in [0.15, 0.2) is 42.7 Å². The maximum atomic E-state index is 14.0. The fourth-order valence-corrected chi connectivity index (χ4v) is 7.14. The summed E-state index contributed by atoms with van der Waals surface area (Å²) in [7, 11) is 3.47. The summed E-state index contributed by atoms with van der Waals surface area (Å²) < 4.78 is 8.28. The number of nitrogens with one attached hydrogen (secondary N) is 2. The minimum absolute atomic E-state index is 0.0998. The molecule has 1 aromatic heterocycles. The zero-order valence-corrected chi connectivity index (χ0v) is 24.0. The molecule has 1 unspecified atom stereocenters. The normalized spacial score (nSPS) is 30.7. The highest BCUT2D eigenvalue weighted by Gasteiger charge is 2.59. The third-order valence-corrected chi connectivity index (χ3v) is 9.13. The van der Waals surface area contributed by atoms with Gasteiger partial charge in [0.1, 0.15) is 6.04 Å². The van der Waals surface area contributed by atoms with Crippen molar-refractivity contribution in [1.29, 1.82) is 0 Å². The number of likely N-dealkylation sites (N-methyl/N-ethyl adjacent to an activating group) is 1. The molecule has 2 N–H and O–H groups in total. The second-order valence-corrected chi connectivity index (χ2v) is 11.7. The first-order valence-electron chi connectivity index (χ1n) is 14.4. The van der Waals surface area contributed by atoms with Crippen molar-refractivity contribution in [2.24, 2.45) is 30.2 Å². The van der Waals surface area contributed by atoms with Crippen LogP contribution < -0.4 is 10.6 Å². The van der Waals surface area contributed by atoms with Gasteiger partial charge in [-0.25, -0.2) is 0 Å². The minimum atomic E-state index is -0.914. The Morgan fingerprint density at radius 2 is 1.88 bits per heavy atom. The van der Waals surface area contributed by atoms with Crippen molar-refractivity contribution in [3.05, 3.63) is 53.9 Å². The maximum absolute atomic E-state index is 14.0. The molecule has 5 atom stereocenters. The molecule has 2 aromatic rings. The molecule has 0 saturated carbocycles. The predicted molar refractivity (Wildman–Crippen MR) is 150 cm³/mol. The number of aryl methyl sites for hydroxylation is 1. The zero-order chi connectivity index (χ0) is 28.4. The molecule has 5 heterocycles. The van der Waals surface area contributed by atoms with E-state index in [0.717, 1.165) is 17.7 Å². The number of ether oxygens (including phenoxy) is 1. The van der Waals surface area contributed by atoms with Gasteiger partial charge < -0.3 is 20.3 Å². The summed E-state index contributed by atoms with van der Waals surface area (Å²) in [6, 6.07) is 8.87. The zero-order valence-electron chi connectivity index (χ0n) is 24.0. The van der Waals surface area contributed by atoms with Gasteiger partial charge in [0.2, 0.25) is 17.7 Å². The highest BCUT2D eigenvalue weighted by molar-refractivity contribution is 5.90. The number of fused-ring (bicyclic) bond motifs is 6. The molecule has 1 spiro atoms. The number of amides is 3. The fraction of sp³-hybridized carbons (Fsp3) is 0.600. The minimum Gasteiger partial charge on any atom is -0.371 e. The van der Waals surface area contributed by atoms with Gasteiger partial charge in [-0.2, -0.15) is 5.10 Å². The first-order valence-corrected chi connectivity index (χ1v) is 14.4. The van der Waals surface area contributed by atoms with Crippen LogP contribution in [0.1, 0.15) is 37.8 Å². The van der Waals surface area contributed by atoms with Crippen molar-refractivity contribution in [2.75, 3.05) is 33.2 Å². The highest BCUT2D eigenvalue weighted by Crippen LogP contribution is 2.46. The van der Waals surface area contributed by atoms with Crippen molar-refractivity contribution in [3.63, 3.8) is 0 Å². The van der Waals surface area contributed by atoms with Crippen LogP contribution >= 0.6 is 0 Å². The average Bonchev–Trinajstić information content (AvgIpc) is 3.53. The van der Waals surface area contributed by atoms with Gasteiger partial charge in [-0.1, -0.05) is 44.2 Å². The van der Waals surface area contributed by atoms with E-state index in [2.05, 4.69) is 20.6 Å². The molecule has 4 saturated heterocycles. The number of hydrogen-bond acceptors (Lipinski definition) is 6. The van der Waals surface area contributed by atoms with E-state index in [4.69, 9.17) is 4.74 Å². The van der Waals surface area contributed by atoms with Crippen molar-refractivity contribution in [2.45, 2.75) is 52.0 Å². The van der Waals surface area contributed by atoms with Gasteiger partial charge in [0.25, 0.3) is 0 Å². The SMILES string of the molecule is CCC1[C@@H](OCc2ccccc2)[C@@H](C(=O)NC)NC(=O)[C@H]2CN(Cc3cnn(C)c3)CC23CN(C3)C(=O)[C@@H]1CC. The molecule has 10 heteroatoms. The number of benzene rings is 1. The number of carbonyl (C=O) groups is 3. The standard InChI is InChI=1S/C30H42N6O4/c1-5-22-23(6-2)29(39)36-18-30(19-36)17-35(14-21-12-32-34(4)13-21)15-24(30)27(37)33-25(28(38)31-3)26(22)40-16-20-10-8-7-9-11-20/h7-13,22-26H,5-6,14-19H2,1-4H3,(H,31,38)(H,33,37)/t22?,23-,24-,25+,26-/m1/s1. The first-order chi connectivity index (χ1) is 19.3. The monoisotopic (exact) mass is 550 g/mol. The summed E-state index contributed by atoms with van der Waals surface area (Å²) >= 11 is 0. The number of hydrogen-bond donors (Lipinski definition) is 2. The van der Waals surface area contributed by atoms with E-state index in [-0.39, 0.29) is 47.5 Å². The van der Waals surface area contributed by atoms with E-state index in [0.29, 0.717) is 39.0 Å². The molecule has 0 aliphatic carbocycles. The Balaban J connectivity index is 1.47. The van der Waals surface area contributed by atoms with Crippen LogP contribution in [0.2, 0.25) is 0 Å². The molecule has 4 fully saturated rings. The van der Waals surface area contributed by atoms with E-state index in [1.54, 1.807) is 11.7 Å². The van der Waals surface area contributed by atoms with Crippen LogP contribution in [-0.4, -0.2) is 82.7 Å². The van der Waals surface area contributed by atoms with Crippen molar-refractivity contribution in [3.8, 4) is 0 Å². The van der Waals surface area contributed by atoms with E-state index in [9.17, 15) is 14.4 Å². The quantitative estimate of drug-likeness (QED) is 0.517. The Hall–Kier alpha value is -3.24. The summed E-state index contributed by atoms with van der Waals surface area (Å²) in [5, 5.41) is 10.2. The Bertz CT molecular complexity index is 1210. The lowest BCUT2D eigenvalue weighted by Gasteiger charge is -2.51. The smallest absolute Gasteiger partial charge is 0.245 e. The molecule has 4 aliphatic heterocycles. The summed E-state index contributed by atoms with van der Waals surface area (Å²) in [4.78, 5) is 45.6. The van der Waals surface area contributed by atoms with Crippen LogP contribution in [0.25, 0.3) is 0 Å². The lowest BCUT2D eigenvalue weighted by molar-refractivity contribution is -0.156. The third-order valence-electron chi connectivity index (χ3n) is 9.13. The van der Waals surface area contributed by atoms with E-state index >= 15 is 0 Å². The van der Waals surface area contributed by atoms with Crippen molar-refractivity contribution >= 4 is 17.7 Å². The van der Waals surface area contributed by atoms with Crippen molar-refractivity contribution < 1.29 is 19.1 Å². The summed E-state index contributed by atoms with van der Waals surface area (Å²) in [5.74, 6) is -1.24. The second-order valence-electron chi connectivity index (χ2n) is 11.7. The number of carbonyl (C=O) groups excluding carboxylic acids is 3. The lowest BCUT2D eigenvalue weighted by Crippen LogP contribution is -2.65. The number of likely N-dealkylation sites (tertiary alicyclic amines) is 1. The average molecular weight is 551 g/mol. The first kappa shape index (κ1) is 28.3. The summed E-state index contributed by atoms with van der Waals surface area (Å²) in [6.45, 7) is 7.42. The fourth-order valence-electron chi connectivity index (χ4n) is 7.14. The van der Waals surface area contributed by atoms with Gasteiger partial charge in [-0.3, -0.25) is 24.0 Å². The molecule has 216 valence electrons. The number of rotatable bonds is 8. The van der Waals surface area contributed by atoms with Gasteiger partial charge in [0.05, 0.1) is 24.8 Å². The van der Waals surface area contributed by atoms with Gasteiger partial charge in [0, 0.05) is 69.9 Å². The lowest BCUT2D eigenvalue weighted by atomic mass is 9.70. The molecule has 3 amide bonds. The van der Waals surface area contributed by atoms with Gasteiger partial charge in [-0.15, -0.1) is 0 Å². The molecular formula is C30H42N6O4. The predicted octanol–water partition coefficient (Wildman–Crippen LogP) is 1.56. The molecule has 10 nitrogen and oxygen atoms in total. The molecule has 0 radical (unpaired) electrons. The largest absolute Gasteiger partial charge is 0.371 e. The molecule has 1 aromatic carbocycles. The van der Waals surface area contributed by atoms with E-state index in [1.165, 1.54) is 0 Å². The molecule has 6 rings (SSSR count). The molecular weight excluding hydrogens is 508 g/mol. The maximum Gasteiger partial charge on any atom is 0.245 e. The second kappa shape index (κ2) is 11.7. The van der Waals surface area contributed by atoms with Gasteiger partial charge in [-0.05, 0) is 24.3 Å². The summed E-state index contributed by atoms with van der Waals surface area (Å²) in [5.41, 5.74) is 1.72. The Labute approximate surface area is 236 Å². The topological polar surface area (TPSA) is 109 Å². The molecule has 2 bridgehead atoms. The molecule has 40 heavy (non-hydrogen) atoms. The van der Waals surface area contributed by atoms with Crippen LogP contribution in [0.5, 0.6) is 0 Å². The third kappa shape index (κ3) is 5.39. The van der Waals surface area contributed by atoms with Crippen LogP contribution in [-0.2, 0) is 39.3 Å². The number of nitrogens with zero attached hydrogens (tertiary/aromatic N) is 4. The van der Waals surface area contributed by atoms with Crippen LogP contribution in [0, 0.1) is 23.2 Å². The van der Waals surface area contributed by atoms with Gasteiger partial charge >= 0.3 is 0 Å². The number of aromatic nitrogens is 2. The van der Waals surface area contributed by atoms with Crippen molar-refractivity contribution in [1.82, 2.24) is 30.2 Å². The molecule has 4 aliphatic rings. The van der Waals surface area contributed by atoms with E-state index < -0.39 is 12.1 Å². The Kier molecular flexibility index (Phi) is 8.28.